The van der Waals surface area contributed by atoms with Gasteiger partial charge in [-0.05, 0) is 0 Å². The molecule has 0 aliphatic carbocycles. The Labute approximate surface area is 115 Å². The molecule has 3 heterocycles. The normalized spacial score (nSPS) is 22.9. The molecule has 0 aromatic carbocycles. The fourth-order valence-electron chi connectivity index (χ4n) is 2.43. The number of hydrogen-bond donors (Lipinski definition) is 1. The molecule has 1 saturated heterocycles. The van der Waals surface area contributed by atoms with Crippen LogP contribution in [0.3, 0.4) is 0 Å². The van der Waals surface area contributed by atoms with Crippen LogP contribution in [0.2, 0.25) is 0 Å². The maximum atomic E-state index is 5.75. The van der Waals surface area contributed by atoms with E-state index in [0.717, 1.165) is 0 Å². The molecule has 20 heavy (non-hydrogen) atoms. The Hall–Kier alpha value is -1.84. The maximum Gasteiger partial charge on any atom is 0.184 e. The number of nitrogens with zero attached hydrogens (tertiary/aromatic N) is 5. The second-order valence-electron chi connectivity index (χ2n) is 4.57. The van der Waals surface area contributed by atoms with Gasteiger partial charge in [-0.1, -0.05) is 5.21 Å². The van der Waals surface area contributed by atoms with E-state index in [4.69, 9.17) is 19.9 Å². The van der Waals surface area contributed by atoms with Crippen LogP contribution in [0, 0.1) is 0 Å². The van der Waals surface area contributed by atoms with Crippen molar-refractivity contribution in [3.05, 3.63) is 6.33 Å². The van der Waals surface area contributed by atoms with Gasteiger partial charge in [0.05, 0.1) is 12.6 Å². The molecule has 2 aromatic rings. The maximum absolute atomic E-state index is 5.75. The van der Waals surface area contributed by atoms with Crippen LogP contribution < -0.4 is 5.73 Å². The summed E-state index contributed by atoms with van der Waals surface area (Å²) in [6.45, 7) is 0.496. The van der Waals surface area contributed by atoms with E-state index in [1.54, 1.807) is 18.9 Å². The molecule has 0 amide bonds. The first-order valence-electron chi connectivity index (χ1n) is 6.23. The van der Waals surface area contributed by atoms with Crippen molar-refractivity contribution >= 4 is 17.0 Å². The van der Waals surface area contributed by atoms with Gasteiger partial charge in [-0.2, -0.15) is 0 Å². The first kappa shape index (κ1) is 13.2. The van der Waals surface area contributed by atoms with Crippen LogP contribution in [0.1, 0.15) is 12.5 Å². The molecule has 2 atom stereocenters. The highest BCUT2D eigenvalue weighted by Crippen LogP contribution is 2.29. The van der Waals surface area contributed by atoms with Crippen molar-refractivity contribution in [1.82, 2.24) is 25.0 Å². The molecule has 2 N–H and O–H groups in total. The van der Waals surface area contributed by atoms with Gasteiger partial charge in [-0.3, -0.25) is 0 Å². The molecule has 3 rings (SSSR count). The Balaban J connectivity index is 1.85. The smallest absolute Gasteiger partial charge is 0.184 e. The predicted molar refractivity (Wildman–Crippen MR) is 68.7 cm³/mol. The van der Waals surface area contributed by atoms with E-state index in [2.05, 4.69) is 20.3 Å². The number of ether oxygens (including phenoxy) is 3. The van der Waals surface area contributed by atoms with Crippen LogP contribution in [0.25, 0.3) is 11.2 Å². The molecule has 0 unspecified atom stereocenters. The van der Waals surface area contributed by atoms with Crippen LogP contribution >= 0.6 is 0 Å². The highest BCUT2D eigenvalue weighted by molar-refractivity contribution is 5.80. The molecule has 0 bridgehead atoms. The molecule has 1 aliphatic rings. The van der Waals surface area contributed by atoms with Gasteiger partial charge in [-0.25, -0.2) is 14.6 Å². The Morgan fingerprint density at radius 3 is 2.95 bits per heavy atom. The predicted octanol–water partition coefficient (Wildman–Crippen LogP) is -0.248. The molecule has 9 heteroatoms. The van der Waals surface area contributed by atoms with Crippen molar-refractivity contribution in [2.45, 2.75) is 24.9 Å². The number of fused-ring (bicyclic) bond motifs is 1. The van der Waals surface area contributed by atoms with Gasteiger partial charge in [0.25, 0.3) is 0 Å². The van der Waals surface area contributed by atoms with Crippen LogP contribution in [0.4, 0.5) is 5.82 Å². The van der Waals surface area contributed by atoms with Gasteiger partial charge in [-0.15, -0.1) is 5.10 Å². The summed E-state index contributed by atoms with van der Waals surface area (Å²) in [5, 5.41) is 8.12. The largest absolute Gasteiger partial charge is 0.382 e. The van der Waals surface area contributed by atoms with E-state index in [0.29, 0.717) is 30.0 Å². The topological polar surface area (TPSA) is 110 Å². The van der Waals surface area contributed by atoms with Crippen molar-refractivity contribution < 1.29 is 14.2 Å². The van der Waals surface area contributed by atoms with Crippen LogP contribution in [-0.2, 0) is 14.2 Å². The third-order valence-electron chi connectivity index (χ3n) is 3.41. The summed E-state index contributed by atoms with van der Waals surface area (Å²) in [5.41, 5.74) is 6.86. The average molecular weight is 280 g/mol. The van der Waals surface area contributed by atoms with Crippen molar-refractivity contribution in [2.75, 3.05) is 26.6 Å². The number of anilines is 1. The van der Waals surface area contributed by atoms with E-state index >= 15 is 0 Å². The lowest BCUT2D eigenvalue weighted by Crippen LogP contribution is -2.29. The van der Waals surface area contributed by atoms with Crippen molar-refractivity contribution in [3.63, 3.8) is 0 Å². The minimum atomic E-state index is -0.394. The summed E-state index contributed by atoms with van der Waals surface area (Å²) in [5.74, 6) is 0.323. The lowest BCUT2D eigenvalue weighted by atomic mass is 10.2. The highest BCUT2D eigenvalue weighted by atomic mass is 16.7. The summed E-state index contributed by atoms with van der Waals surface area (Å²) in [7, 11) is 3.17. The van der Waals surface area contributed by atoms with Crippen LogP contribution in [-0.4, -0.2) is 58.2 Å². The number of aromatic nitrogens is 5. The van der Waals surface area contributed by atoms with Crippen molar-refractivity contribution in [2.24, 2.45) is 0 Å². The van der Waals surface area contributed by atoms with E-state index in [9.17, 15) is 0 Å². The second kappa shape index (κ2) is 5.27. The van der Waals surface area contributed by atoms with Crippen molar-refractivity contribution in [1.29, 1.82) is 0 Å². The lowest BCUT2D eigenvalue weighted by molar-refractivity contribution is -0.167. The van der Waals surface area contributed by atoms with Gasteiger partial charge in [0.1, 0.15) is 12.4 Å². The Bertz CT molecular complexity index is 599. The molecule has 1 aliphatic heterocycles. The fraction of sp³-hybridized carbons (Fsp3) is 0.636. The summed E-state index contributed by atoms with van der Waals surface area (Å²) in [6, 6.07) is 0.0205. The molecule has 1 fully saturated rings. The van der Waals surface area contributed by atoms with E-state index < -0.39 is 6.29 Å². The Morgan fingerprint density at radius 1 is 1.40 bits per heavy atom. The standard InChI is InChI=1S/C11H16N6O3/c1-18-11(19-2)7-3-6(4-20-7)17-10-8(15-16-17)9(12)13-5-14-10/h5-7,11H,3-4H2,1-2H3,(H2,12,13,14)/t6-,7-/m1/s1. The Kier molecular flexibility index (Phi) is 3.47. The van der Waals surface area contributed by atoms with Gasteiger partial charge in [0.15, 0.2) is 23.3 Å². The molecule has 2 aromatic heterocycles. The SMILES string of the molecule is COC(OC)[C@H]1C[C@@H](n2nnc3c(N)ncnc32)CO1. The lowest BCUT2D eigenvalue weighted by Gasteiger charge is -2.19. The monoisotopic (exact) mass is 280 g/mol. The van der Waals surface area contributed by atoms with Crippen molar-refractivity contribution in [3.8, 4) is 0 Å². The van der Waals surface area contributed by atoms with E-state index in [1.165, 1.54) is 6.33 Å². The molecule has 0 saturated carbocycles. The molecule has 9 nitrogen and oxygen atoms in total. The van der Waals surface area contributed by atoms with Gasteiger partial charge in [0, 0.05) is 20.6 Å². The minimum Gasteiger partial charge on any atom is -0.382 e. The number of rotatable bonds is 4. The minimum absolute atomic E-state index is 0.0205. The molecule has 108 valence electrons. The summed E-state index contributed by atoms with van der Waals surface area (Å²) in [4.78, 5) is 8.08. The zero-order valence-corrected chi connectivity index (χ0v) is 11.3. The van der Waals surface area contributed by atoms with E-state index in [-0.39, 0.29) is 12.1 Å². The molecule has 0 spiro atoms. The molecular weight excluding hydrogens is 264 g/mol. The molecule has 0 radical (unpaired) electrons. The Morgan fingerprint density at radius 2 is 2.20 bits per heavy atom. The van der Waals surface area contributed by atoms with Gasteiger partial charge >= 0.3 is 0 Å². The quantitative estimate of drug-likeness (QED) is 0.763. The third kappa shape index (κ3) is 2.09. The number of hydrogen-bond acceptors (Lipinski definition) is 8. The van der Waals surface area contributed by atoms with Gasteiger partial charge < -0.3 is 19.9 Å². The first-order valence-corrected chi connectivity index (χ1v) is 6.23. The van der Waals surface area contributed by atoms with Gasteiger partial charge in [0.2, 0.25) is 0 Å². The number of nitrogens with two attached hydrogens (primary N) is 1. The second-order valence-corrected chi connectivity index (χ2v) is 4.57. The molecular formula is C11H16N6O3. The average Bonchev–Trinajstić information content (AvgIpc) is 3.07. The first-order chi connectivity index (χ1) is 9.74. The zero-order valence-electron chi connectivity index (χ0n) is 11.3. The highest BCUT2D eigenvalue weighted by Gasteiger charge is 2.34. The summed E-state index contributed by atoms with van der Waals surface area (Å²) >= 11 is 0. The third-order valence-corrected chi connectivity index (χ3v) is 3.41. The summed E-state index contributed by atoms with van der Waals surface area (Å²) < 4.78 is 17.9. The van der Waals surface area contributed by atoms with Crippen LogP contribution in [0.15, 0.2) is 6.33 Å². The number of methoxy groups -OCH3 is 2. The zero-order chi connectivity index (χ0) is 14.1. The fourth-order valence-corrected chi connectivity index (χ4v) is 2.43. The summed E-state index contributed by atoms with van der Waals surface area (Å²) in [6.07, 6.45) is 1.56. The number of nitrogen functional groups attached to an aromatic ring is 1. The van der Waals surface area contributed by atoms with E-state index in [1.807, 2.05) is 0 Å². The van der Waals surface area contributed by atoms with Crippen LogP contribution in [0.5, 0.6) is 0 Å².